The van der Waals surface area contributed by atoms with Crippen LogP contribution < -0.4 is 5.32 Å². The van der Waals surface area contributed by atoms with Crippen molar-refractivity contribution in [1.29, 1.82) is 0 Å². The van der Waals surface area contributed by atoms with Gasteiger partial charge in [-0.1, -0.05) is 6.07 Å². The van der Waals surface area contributed by atoms with Crippen molar-refractivity contribution in [2.75, 3.05) is 13.2 Å². The van der Waals surface area contributed by atoms with E-state index in [1.807, 2.05) is 12.3 Å². The highest BCUT2D eigenvalue weighted by Crippen LogP contribution is 2.28. The van der Waals surface area contributed by atoms with Crippen LogP contribution in [0.3, 0.4) is 0 Å². The molecule has 1 N–H and O–H groups in total. The van der Waals surface area contributed by atoms with Gasteiger partial charge in [-0.15, -0.1) is 0 Å². The van der Waals surface area contributed by atoms with E-state index >= 15 is 0 Å². The molecule has 98 valence electrons. The normalized spacial score (nSPS) is 31.3. The Bertz CT molecular complexity index is 407. The van der Waals surface area contributed by atoms with Gasteiger partial charge in [-0.2, -0.15) is 0 Å². The number of nitrogens with one attached hydrogen (secondary N) is 1. The van der Waals surface area contributed by atoms with Gasteiger partial charge < -0.3 is 10.1 Å². The van der Waals surface area contributed by atoms with Crippen LogP contribution in [0.1, 0.15) is 43.5 Å². The van der Waals surface area contributed by atoms with Gasteiger partial charge in [0.05, 0.1) is 11.8 Å². The molecule has 1 aromatic rings. The number of hydrogen-bond acceptors (Lipinski definition) is 3. The molecule has 0 aromatic carbocycles. The summed E-state index contributed by atoms with van der Waals surface area (Å²) in [6.07, 6.45) is 7.18. The lowest BCUT2D eigenvalue weighted by Crippen LogP contribution is -2.32. The van der Waals surface area contributed by atoms with Gasteiger partial charge >= 0.3 is 0 Å². The van der Waals surface area contributed by atoms with Gasteiger partial charge in [0, 0.05) is 25.4 Å². The van der Waals surface area contributed by atoms with Gasteiger partial charge in [0.2, 0.25) is 0 Å². The first kappa shape index (κ1) is 12.1. The van der Waals surface area contributed by atoms with Crippen LogP contribution in [0.5, 0.6) is 0 Å². The summed E-state index contributed by atoms with van der Waals surface area (Å²) >= 11 is 0. The van der Waals surface area contributed by atoms with E-state index in [1.165, 1.54) is 36.9 Å². The molecule has 1 aromatic heterocycles. The third-order valence-corrected chi connectivity index (χ3v) is 4.35. The summed E-state index contributed by atoms with van der Waals surface area (Å²) in [5.41, 5.74) is 2.70. The number of hydrogen-bond donors (Lipinski definition) is 1. The van der Waals surface area contributed by atoms with Gasteiger partial charge in [0.1, 0.15) is 0 Å². The number of ether oxygens (including phenoxy) is 1. The molecular formula is C15H22N2O. The number of aromatic nitrogens is 1. The fourth-order valence-corrected chi connectivity index (χ4v) is 3.15. The average molecular weight is 246 g/mol. The summed E-state index contributed by atoms with van der Waals surface area (Å²) in [7, 11) is 0. The molecule has 1 aliphatic heterocycles. The predicted octanol–water partition coefficient (Wildman–Crippen LogP) is 2.47. The SMILES string of the molecule is CC1OCCC1CNC1CCCc2cccnc21. The maximum Gasteiger partial charge on any atom is 0.0605 e. The van der Waals surface area contributed by atoms with Crippen molar-refractivity contribution in [2.24, 2.45) is 5.92 Å². The van der Waals surface area contributed by atoms with Crippen LogP contribution in [-0.2, 0) is 11.2 Å². The predicted molar refractivity (Wildman–Crippen MR) is 71.4 cm³/mol. The van der Waals surface area contributed by atoms with E-state index in [9.17, 15) is 0 Å². The molecule has 0 spiro atoms. The highest BCUT2D eigenvalue weighted by Gasteiger charge is 2.26. The number of nitrogens with zero attached hydrogens (tertiary/aromatic N) is 1. The molecule has 3 atom stereocenters. The first-order valence-electron chi connectivity index (χ1n) is 7.13. The highest BCUT2D eigenvalue weighted by atomic mass is 16.5. The van der Waals surface area contributed by atoms with Gasteiger partial charge in [-0.3, -0.25) is 4.98 Å². The standard InChI is InChI=1S/C15H22N2O/c1-11-13(7-9-18-11)10-17-14-6-2-4-12-5-3-8-16-15(12)14/h3,5,8,11,13-14,17H,2,4,6-7,9-10H2,1H3. The first-order chi connectivity index (χ1) is 8.84. The summed E-state index contributed by atoms with van der Waals surface area (Å²) in [5.74, 6) is 0.666. The largest absolute Gasteiger partial charge is 0.378 e. The summed E-state index contributed by atoms with van der Waals surface area (Å²) in [6, 6.07) is 4.72. The highest BCUT2D eigenvalue weighted by molar-refractivity contribution is 5.25. The molecule has 0 bridgehead atoms. The second kappa shape index (κ2) is 5.37. The molecule has 2 aliphatic rings. The lowest BCUT2D eigenvalue weighted by atomic mass is 9.91. The Balaban J connectivity index is 1.64. The molecule has 0 amide bonds. The first-order valence-corrected chi connectivity index (χ1v) is 7.13. The zero-order valence-electron chi connectivity index (χ0n) is 11.1. The van der Waals surface area contributed by atoms with Crippen LogP contribution in [0, 0.1) is 5.92 Å². The van der Waals surface area contributed by atoms with Crippen molar-refractivity contribution in [3.05, 3.63) is 29.6 Å². The van der Waals surface area contributed by atoms with E-state index in [0.717, 1.165) is 13.2 Å². The zero-order valence-corrected chi connectivity index (χ0v) is 11.1. The number of rotatable bonds is 3. The summed E-state index contributed by atoms with van der Waals surface area (Å²) in [4.78, 5) is 4.57. The van der Waals surface area contributed by atoms with Crippen molar-refractivity contribution in [3.8, 4) is 0 Å². The number of fused-ring (bicyclic) bond motifs is 1. The molecule has 3 nitrogen and oxygen atoms in total. The fourth-order valence-electron chi connectivity index (χ4n) is 3.15. The van der Waals surface area contributed by atoms with E-state index in [0.29, 0.717) is 18.1 Å². The van der Waals surface area contributed by atoms with Gasteiger partial charge in [-0.25, -0.2) is 0 Å². The van der Waals surface area contributed by atoms with Crippen molar-refractivity contribution in [1.82, 2.24) is 10.3 Å². The summed E-state index contributed by atoms with van der Waals surface area (Å²) < 4.78 is 5.62. The molecule has 1 saturated heterocycles. The molecule has 2 heterocycles. The third-order valence-electron chi connectivity index (χ3n) is 4.35. The topological polar surface area (TPSA) is 34.1 Å². The van der Waals surface area contributed by atoms with Gasteiger partial charge in [0.15, 0.2) is 0 Å². The van der Waals surface area contributed by atoms with Crippen LogP contribution in [0.25, 0.3) is 0 Å². The number of pyridine rings is 1. The minimum atomic E-state index is 0.407. The van der Waals surface area contributed by atoms with E-state index in [-0.39, 0.29) is 0 Å². The van der Waals surface area contributed by atoms with E-state index in [1.54, 1.807) is 0 Å². The Kier molecular flexibility index (Phi) is 3.62. The molecule has 3 unspecified atom stereocenters. The fraction of sp³-hybridized carbons (Fsp3) is 0.667. The van der Waals surface area contributed by atoms with Crippen LogP contribution in [0.15, 0.2) is 18.3 Å². The molecule has 3 heteroatoms. The molecule has 18 heavy (non-hydrogen) atoms. The van der Waals surface area contributed by atoms with Gasteiger partial charge in [0.25, 0.3) is 0 Å². The molecule has 3 rings (SSSR count). The number of aryl methyl sites for hydroxylation is 1. The third kappa shape index (κ3) is 2.43. The second-order valence-corrected chi connectivity index (χ2v) is 5.53. The van der Waals surface area contributed by atoms with Gasteiger partial charge in [-0.05, 0) is 50.2 Å². The monoisotopic (exact) mass is 246 g/mol. The van der Waals surface area contributed by atoms with Crippen LogP contribution >= 0.6 is 0 Å². The Morgan fingerprint density at radius 3 is 3.22 bits per heavy atom. The van der Waals surface area contributed by atoms with Crippen molar-refractivity contribution < 1.29 is 4.74 Å². The Morgan fingerprint density at radius 2 is 2.39 bits per heavy atom. The Hall–Kier alpha value is -0.930. The van der Waals surface area contributed by atoms with Crippen molar-refractivity contribution in [3.63, 3.8) is 0 Å². The van der Waals surface area contributed by atoms with E-state index in [4.69, 9.17) is 4.74 Å². The average Bonchev–Trinajstić information content (AvgIpc) is 2.82. The molecule has 1 fully saturated rings. The summed E-state index contributed by atoms with van der Waals surface area (Å²) in [6.45, 7) is 4.17. The quantitative estimate of drug-likeness (QED) is 0.889. The van der Waals surface area contributed by atoms with Crippen molar-refractivity contribution in [2.45, 2.75) is 44.8 Å². The van der Waals surface area contributed by atoms with Crippen LogP contribution in [0.4, 0.5) is 0 Å². The zero-order chi connectivity index (χ0) is 12.4. The lowest BCUT2D eigenvalue weighted by molar-refractivity contribution is 0.104. The Labute approximate surface area is 109 Å². The second-order valence-electron chi connectivity index (χ2n) is 5.53. The Morgan fingerprint density at radius 1 is 1.44 bits per heavy atom. The molecule has 0 radical (unpaired) electrons. The summed E-state index contributed by atoms with van der Waals surface area (Å²) in [5, 5.41) is 3.71. The van der Waals surface area contributed by atoms with Crippen LogP contribution in [-0.4, -0.2) is 24.2 Å². The molecular weight excluding hydrogens is 224 g/mol. The molecule has 1 aliphatic carbocycles. The lowest BCUT2D eigenvalue weighted by Gasteiger charge is -2.27. The van der Waals surface area contributed by atoms with E-state index < -0.39 is 0 Å². The minimum absolute atomic E-state index is 0.407. The van der Waals surface area contributed by atoms with E-state index in [2.05, 4.69) is 23.3 Å². The maximum atomic E-state index is 5.62. The minimum Gasteiger partial charge on any atom is -0.378 e. The van der Waals surface area contributed by atoms with Crippen molar-refractivity contribution >= 4 is 0 Å². The van der Waals surface area contributed by atoms with Crippen LogP contribution in [0.2, 0.25) is 0 Å². The molecule has 0 saturated carbocycles. The maximum absolute atomic E-state index is 5.62. The smallest absolute Gasteiger partial charge is 0.0605 e.